The Kier molecular flexibility index (Phi) is 3.03. The average molecular weight is 266 g/mol. The molecule has 5 heteroatoms. The molecule has 18 heavy (non-hydrogen) atoms. The molecule has 2 heterocycles. The van der Waals surface area contributed by atoms with Gasteiger partial charge < -0.3 is 15.4 Å². The Balaban J connectivity index is 1.75. The molecule has 1 saturated carbocycles. The molecule has 1 saturated heterocycles. The summed E-state index contributed by atoms with van der Waals surface area (Å²) in [6.07, 6.45) is 2.27. The van der Waals surface area contributed by atoms with Gasteiger partial charge in [-0.2, -0.15) is 0 Å². The van der Waals surface area contributed by atoms with Gasteiger partial charge >= 0.3 is 0 Å². The Labute approximate surface area is 111 Å². The lowest BCUT2D eigenvalue weighted by atomic mass is 9.98. The van der Waals surface area contributed by atoms with Crippen molar-refractivity contribution >= 4 is 17.2 Å². The number of likely N-dealkylation sites (tertiary alicyclic amines) is 1. The third kappa shape index (κ3) is 1.82. The van der Waals surface area contributed by atoms with Gasteiger partial charge in [-0.1, -0.05) is 0 Å². The highest BCUT2D eigenvalue weighted by atomic mass is 32.1. The predicted octanol–water partition coefficient (Wildman–Crippen LogP) is 1.57. The number of methoxy groups -OCH3 is 1. The summed E-state index contributed by atoms with van der Waals surface area (Å²) in [5.41, 5.74) is 6.10. The lowest BCUT2D eigenvalue weighted by Gasteiger charge is -2.18. The molecule has 0 spiro atoms. The number of nitrogens with two attached hydrogens (primary N) is 1. The first-order valence-electron chi connectivity index (χ1n) is 6.37. The van der Waals surface area contributed by atoms with Crippen molar-refractivity contribution in [2.45, 2.75) is 18.9 Å². The summed E-state index contributed by atoms with van der Waals surface area (Å²) in [7, 11) is 1.60. The Morgan fingerprint density at radius 2 is 2.33 bits per heavy atom. The van der Waals surface area contributed by atoms with Gasteiger partial charge in [0.15, 0.2) is 0 Å². The summed E-state index contributed by atoms with van der Waals surface area (Å²) in [5, 5.41) is 1.90. The van der Waals surface area contributed by atoms with Crippen LogP contribution in [0.3, 0.4) is 0 Å². The van der Waals surface area contributed by atoms with E-state index in [4.69, 9.17) is 10.5 Å². The smallest absolute Gasteiger partial charge is 0.267 e. The van der Waals surface area contributed by atoms with Crippen molar-refractivity contribution in [2.75, 3.05) is 20.2 Å². The maximum absolute atomic E-state index is 12.4. The van der Waals surface area contributed by atoms with E-state index in [1.165, 1.54) is 11.3 Å². The summed E-state index contributed by atoms with van der Waals surface area (Å²) < 4.78 is 5.22. The van der Waals surface area contributed by atoms with Crippen LogP contribution >= 0.6 is 11.3 Å². The van der Waals surface area contributed by atoms with Gasteiger partial charge in [0.1, 0.15) is 10.6 Å². The number of carbonyl (C=O) groups excluding carboxylic acids is 1. The minimum atomic E-state index is 0.100. The van der Waals surface area contributed by atoms with E-state index in [9.17, 15) is 4.79 Å². The minimum Gasteiger partial charge on any atom is -0.495 e. The molecule has 3 unspecified atom stereocenters. The quantitative estimate of drug-likeness (QED) is 0.884. The van der Waals surface area contributed by atoms with Crippen LogP contribution in [0.5, 0.6) is 5.75 Å². The van der Waals surface area contributed by atoms with E-state index in [1.54, 1.807) is 7.11 Å². The first kappa shape index (κ1) is 12.0. The molecular weight excluding hydrogens is 248 g/mol. The van der Waals surface area contributed by atoms with Gasteiger partial charge in [0.25, 0.3) is 5.91 Å². The van der Waals surface area contributed by atoms with Crippen molar-refractivity contribution < 1.29 is 9.53 Å². The van der Waals surface area contributed by atoms with E-state index in [1.807, 2.05) is 16.3 Å². The highest BCUT2D eigenvalue weighted by Gasteiger charge is 2.43. The number of fused-ring (bicyclic) bond motifs is 1. The molecule has 3 rings (SSSR count). The molecule has 4 nitrogen and oxygen atoms in total. The molecule has 2 N–H and O–H groups in total. The van der Waals surface area contributed by atoms with E-state index < -0.39 is 0 Å². The van der Waals surface area contributed by atoms with Gasteiger partial charge in [-0.3, -0.25) is 4.79 Å². The molecule has 1 amide bonds. The topological polar surface area (TPSA) is 55.6 Å². The molecule has 2 aliphatic rings. The summed E-state index contributed by atoms with van der Waals surface area (Å²) in [6.45, 7) is 1.67. The molecule has 0 aromatic carbocycles. The van der Waals surface area contributed by atoms with Gasteiger partial charge in [0.05, 0.1) is 7.11 Å². The van der Waals surface area contributed by atoms with Crippen molar-refractivity contribution in [2.24, 2.45) is 17.6 Å². The second kappa shape index (κ2) is 4.55. The summed E-state index contributed by atoms with van der Waals surface area (Å²) in [4.78, 5) is 15.1. The van der Waals surface area contributed by atoms with Crippen LogP contribution in [-0.2, 0) is 0 Å². The standard InChI is InChI=1S/C13H18N2O2S/c1-17-11-4-5-18-12(11)13(16)15-6-8-2-3-10(14)9(8)7-15/h4-5,8-10H,2-3,6-7,14H2,1H3. The second-order valence-electron chi connectivity index (χ2n) is 5.19. The lowest BCUT2D eigenvalue weighted by molar-refractivity contribution is 0.0781. The van der Waals surface area contributed by atoms with E-state index in [0.29, 0.717) is 22.5 Å². The molecule has 1 aromatic heterocycles. The van der Waals surface area contributed by atoms with Crippen LogP contribution in [0.2, 0.25) is 0 Å². The van der Waals surface area contributed by atoms with Gasteiger partial charge in [0, 0.05) is 19.1 Å². The van der Waals surface area contributed by atoms with Crippen LogP contribution in [0.25, 0.3) is 0 Å². The van der Waals surface area contributed by atoms with Crippen LogP contribution < -0.4 is 10.5 Å². The Bertz CT molecular complexity index is 460. The number of hydrogen-bond donors (Lipinski definition) is 1. The van der Waals surface area contributed by atoms with E-state index in [0.717, 1.165) is 25.9 Å². The van der Waals surface area contributed by atoms with E-state index in [-0.39, 0.29) is 11.9 Å². The summed E-state index contributed by atoms with van der Waals surface area (Å²) in [5.74, 6) is 1.89. The number of nitrogens with zero attached hydrogens (tertiary/aromatic N) is 1. The monoisotopic (exact) mass is 266 g/mol. The van der Waals surface area contributed by atoms with Crippen LogP contribution in [-0.4, -0.2) is 37.0 Å². The fourth-order valence-corrected chi connectivity index (χ4v) is 4.06. The van der Waals surface area contributed by atoms with Crippen LogP contribution in [0.1, 0.15) is 22.5 Å². The fraction of sp³-hybridized carbons (Fsp3) is 0.615. The maximum atomic E-state index is 12.4. The van der Waals surface area contributed by atoms with Gasteiger partial charge in [-0.25, -0.2) is 0 Å². The first-order chi connectivity index (χ1) is 8.70. The minimum absolute atomic E-state index is 0.100. The number of thiophene rings is 1. The zero-order valence-corrected chi connectivity index (χ0v) is 11.3. The maximum Gasteiger partial charge on any atom is 0.267 e. The Morgan fingerprint density at radius 1 is 1.50 bits per heavy atom. The van der Waals surface area contributed by atoms with Crippen LogP contribution in [0, 0.1) is 11.8 Å². The first-order valence-corrected chi connectivity index (χ1v) is 7.25. The summed E-state index contributed by atoms with van der Waals surface area (Å²) >= 11 is 1.45. The summed E-state index contributed by atoms with van der Waals surface area (Å²) in [6, 6.07) is 2.12. The van der Waals surface area contributed by atoms with Gasteiger partial charge in [-0.15, -0.1) is 11.3 Å². The zero-order chi connectivity index (χ0) is 12.7. The number of amides is 1. The van der Waals surface area contributed by atoms with Crippen molar-refractivity contribution in [1.29, 1.82) is 0 Å². The third-order valence-electron chi connectivity index (χ3n) is 4.24. The number of hydrogen-bond acceptors (Lipinski definition) is 4. The van der Waals surface area contributed by atoms with E-state index >= 15 is 0 Å². The third-order valence-corrected chi connectivity index (χ3v) is 5.13. The highest BCUT2D eigenvalue weighted by molar-refractivity contribution is 7.12. The molecule has 1 aliphatic heterocycles. The second-order valence-corrected chi connectivity index (χ2v) is 6.11. The molecule has 1 aromatic rings. The number of rotatable bonds is 2. The van der Waals surface area contributed by atoms with Crippen molar-refractivity contribution in [3.8, 4) is 5.75 Å². The average Bonchev–Trinajstić information content (AvgIpc) is 3.05. The Morgan fingerprint density at radius 3 is 3.06 bits per heavy atom. The molecule has 1 aliphatic carbocycles. The van der Waals surface area contributed by atoms with Crippen LogP contribution in [0.4, 0.5) is 0 Å². The van der Waals surface area contributed by atoms with E-state index in [2.05, 4.69) is 0 Å². The Hall–Kier alpha value is -1.07. The molecule has 2 fully saturated rings. The highest BCUT2D eigenvalue weighted by Crippen LogP contribution is 2.38. The molecule has 0 radical (unpaired) electrons. The number of carbonyl (C=O) groups is 1. The van der Waals surface area contributed by atoms with Crippen molar-refractivity contribution in [3.05, 3.63) is 16.3 Å². The molecule has 3 atom stereocenters. The van der Waals surface area contributed by atoms with Gasteiger partial charge in [0.2, 0.25) is 0 Å². The van der Waals surface area contributed by atoms with Crippen molar-refractivity contribution in [3.63, 3.8) is 0 Å². The predicted molar refractivity (Wildman–Crippen MR) is 71.0 cm³/mol. The zero-order valence-electron chi connectivity index (χ0n) is 10.5. The largest absolute Gasteiger partial charge is 0.495 e. The van der Waals surface area contributed by atoms with Crippen LogP contribution in [0.15, 0.2) is 11.4 Å². The number of ether oxygens (including phenoxy) is 1. The molecule has 98 valence electrons. The molecule has 0 bridgehead atoms. The van der Waals surface area contributed by atoms with Gasteiger partial charge in [-0.05, 0) is 36.1 Å². The normalized spacial score (nSPS) is 30.6. The fourth-order valence-electron chi connectivity index (χ4n) is 3.23. The SMILES string of the molecule is COc1ccsc1C(=O)N1CC2CCC(N)C2C1. The molecular formula is C13H18N2O2S. The van der Waals surface area contributed by atoms with Crippen molar-refractivity contribution in [1.82, 2.24) is 4.90 Å². The lowest BCUT2D eigenvalue weighted by Crippen LogP contribution is -2.33.